The molecular weight excluding hydrogens is 315 g/mol. The fraction of sp³-hybridized carbons (Fsp3) is 0. The van der Waals surface area contributed by atoms with Crippen LogP contribution in [0.25, 0.3) is 6.08 Å². The topological polar surface area (TPSA) is 54.3 Å². The molecule has 0 bridgehead atoms. The first-order chi connectivity index (χ1) is 10.0. The number of nitrogens with one attached hydrogen (secondary N) is 2. The first kappa shape index (κ1) is 15.2. The van der Waals surface area contributed by atoms with Crippen molar-refractivity contribution in [3.8, 4) is 0 Å². The molecule has 2 aromatic rings. The van der Waals surface area contributed by atoms with Crippen LogP contribution in [0.4, 0.5) is 10.1 Å². The normalized spacial score (nSPS) is 10.6. The number of amides is 1. The molecule has 0 saturated carbocycles. The molecule has 108 valence electrons. The smallest absolute Gasteiger partial charge is 0.250 e. The summed E-state index contributed by atoms with van der Waals surface area (Å²) in [6.07, 6.45) is 4.29. The van der Waals surface area contributed by atoms with E-state index in [9.17, 15) is 9.18 Å². The van der Waals surface area contributed by atoms with E-state index < -0.39 is 11.7 Å². The summed E-state index contributed by atoms with van der Waals surface area (Å²) in [7, 11) is 0. The number of hydrogen-bond donors (Lipinski definition) is 2. The van der Waals surface area contributed by atoms with Crippen molar-refractivity contribution in [2.45, 2.75) is 0 Å². The Kier molecular flexibility index (Phi) is 5.08. The van der Waals surface area contributed by atoms with Crippen molar-refractivity contribution in [3.63, 3.8) is 0 Å². The maximum atomic E-state index is 13.0. The summed E-state index contributed by atoms with van der Waals surface area (Å²) >= 11 is 10.6. The quantitative estimate of drug-likeness (QED) is 0.669. The van der Waals surface area contributed by atoms with E-state index in [2.05, 4.69) is 10.6 Å². The molecule has 2 N–H and O–H groups in total. The van der Waals surface area contributed by atoms with Crippen LogP contribution in [0.3, 0.4) is 0 Å². The van der Waals surface area contributed by atoms with E-state index in [0.717, 1.165) is 0 Å². The number of anilines is 1. The lowest BCUT2D eigenvalue weighted by Crippen LogP contribution is -2.32. The minimum atomic E-state index is -0.529. The average Bonchev–Trinajstić information content (AvgIpc) is 2.94. The molecule has 0 unspecified atom stereocenters. The van der Waals surface area contributed by atoms with E-state index in [1.54, 1.807) is 12.1 Å². The van der Waals surface area contributed by atoms with Gasteiger partial charge in [0.2, 0.25) is 5.91 Å². The van der Waals surface area contributed by atoms with Crippen LogP contribution >= 0.6 is 23.8 Å². The molecule has 2 rings (SSSR count). The highest BCUT2D eigenvalue weighted by atomic mass is 35.5. The second kappa shape index (κ2) is 7.01. The molecule has 4 nitrogen and oxygen atoms in total. The number of halogens is 2. The van der Waals surface area contributed by atoms with Crippen LogP contribution in [0.15, 0.2) is 47.1 Å². The Morgan fingerprint density at radius 3 is 2.86 bits per heavy atom. The van der Waals surface area contributed by atoms with Crippen LogP contribution in [0.2, 0.25) is 5.02 Å². The summed E-state index contributed by atoms with van der Waals surface area (Å²) in [5, 5.41) is 5.21. The minimum Gasteiger partial charge on any atom is -0.465 e. The predicted octanol–water partition coefficient (Wildman–Crippen LogP) is 3.60. The van der Waals surface area contributed by atoms with Crippen molar-refractivity contribution in [3.05, 3.63) is 59.3 Å². The highest BCUT2D eigenvalue weighted by molar-refractivity contribution is 7.80. The molecule has 0 saturated heterocycles. The summed E-state index contributed by atoms with van der Waals surface area (Å²) in [6.45, 7) is 0. The zero-order valence-corrected chi connectivity index (χ0v) is 12.2. The van der Waals surface area contributed by atoms with Crippen molar-refractivity contribution in [2.24, 2.45) is 0 Å². The van der Waals surface area contributed by atoms with Crippen molar-refractivity contribution in [1.82, 2.24) is 5.32 Å². The van der Waals surface area contributed by atoms with Gasteiger partial charge in [-0.2, -0.15) is 0 Å². The van der Waals surface area contributed by atoms with Gasteiger partial charge in [0.25, 0.3) is 0 Å². The number of carbonyl (C=O) groups is 1. The van der Waals surface area contributed by atoms with Gasteiger partial charge in [-0.15, -0.1) is 0 Å². The molecule has 0 aliphatic carbocycles. The van der Waals surface area contributed by atoms with Gasteiger partial charge in [-0.3, -0.25) is 10.1 Å². The second-order valence-electron chi connectivity index (χ2n) is 3.92. The van der Waals surface area contributed by atoms with E-state index >= 15 is 0 Å². The third-order valence-electron chi connectivity index (χ3n) is 2.36. The van der Waals surface area contributed by atoms with Gasteiger partial charge in [0.1, 0.15) is 11.6 Å². The van der Waals surface area contributed by atoms with Gasteiger partial charge in [-0.1, -0.05) is 11.6 Å². The number of furan rings is 1. The van der Waals surface area contributed by atoms with Gasteiger partial charge in [0, 0.05) is 11.8 Å². The average molecular weight is 325 g/mol. The number of hydrogen-bond acceptors (Lipinski definition) is 3. The van der Waals surface area contributed by atoms with Crippen LogP contribution < -0.4 is 10.6 Å². The third kappa shape index (κ3) is 4.70. The summed E-state index contributed by atoms with van der Waals surface area (Å²) in [5.74, 6) is -0.398. The molecule has 1 amide bonds. The maximum absolute atomic E-state index is 13.0. The monoisotopic (exact) mass is 324 g/mol. The van der Waals surface area contributed by atoms with Crippen molar-refractivity contribution in [2.75, 3.05) is 5.32 Å². The Morgan fingerprint density at radius 1 is 1.38 bits per heavy atom. The van der Waals surface area contributed by atoms with Gasteiger partial charge >= 0.3 is 0 Å². The fourth-order valence-corrected chi connectivity index (χ4v) is 1.83. The molecular formula is C14H10ClFN2O2S. The number of benzene rings is 1. The van der Waals surface area contributed by atoms with Crippen molar-refractivity contribution >= 4 is 46.6 Å². The van der Waals surface area contributed by atoms with E-state index in [-0.39, 0.29) is 10.1 Å². The lowest BCUT2D eigenvalue weighted by Gasteiger charge is -2.08. The fourth-order valence-electron chi connectivity index (χ4n) is 1.43. The molecule has 1 heterocycles. The standard InChI is InChI=1S/C14H10ClFN2O2S/c15-11-8-9(3-5-12(11)16)17-14(21)18-13(19)6-4-10-2-1-7-20-10/h1-8H,(H2,17,18,19,21). The SMILES string of the molecule is O=C(C=Cc1ccco1)NC(=S)Nc1ccc(F)c(Cl)c1. The van der Waals surface area contributed by atoms with E-state index in [0.29, 0.717) is 11.4 Å². The highest BCUT2D eigenvalue weighted by Gasteiger charge is 2.04. The Hall–Kier alpha value is -2.18. The zero-order valence-electron chi connectivity index (χ0n) is 10.6. The third-order valence-corrected chi connectivity index (χ3v) is 2.85. The first-order valence-corrected chi connectivity index (χ1v) is 6.62. The van der Waals surface area contributed by atoms with Gasteiger partial charge in [-0.05, 0) is 48.6 Å². The largest absolute Gasteiger partial charge is 0.465 e. The summed E-state index contributed by atoms with van der Waals surface area (Å²) in [5.41, 5.74) is 0.474. The molecule has 0 radical (unpaired) electrons. The summed E-state index contributed by atoms with van der Waals surface area (Å²) in [4.78, 5) is 11.6. The van der Waals surface area contributed by atoms with Gasteiger partial charge < -0.3 is 9.73 Å². The van der Waals surface area contributed by atoms with Gasteiger partial charge in [-0.25, -0.2) is 4.39 Å². The Morgan fingerprint density at radius 2 is 2.19 bits per heavy atom. The second-order valence-corrected chi connectivity index (χ2v) is 4.74. The van der Waals surface area contributed by atoms with Crippen molar-refractivity contribution < 1.29 is 13.6 Å². The molecule has 0 fully saturated rings. The van der Waals surface area contributed by atoms with Crippen LogP contribution in [-0.2, 0) is 4.79 Å². The van der Waals surface area contributed by atoms with E-state index in [4.69, 9.17) is 28.2 Å². The maximum Gasteiger partial charge on any atom is 0.250 e. The van der Waals surface area contributed by atoms with E-state index in [1.165, 1.54) is 36.6 Å². The molecule has 0 spiro atoms. The van der Waals surface area contributed by atoms with Crippen LogP contribution in [0.1, 0.15) is 5.76 Å². The summed E-state index contributed by atoms with van der Waals surface area (Å²) < 4.78 is 18.0. The van der Waals surface area contributed by atoms with Gasteiger partial charge in [0.15, 0.2) is 5.11 Å². The minimum absolute atomic E-state index is 0.0353. The van der Waals surface area contributed by atoms with Gasteiger partial charge in [0.05, 0.1) is 11.3 Å². The van der Waals surface area contributed by atoms with Crippen LogP contribution in [0.5, 0.6) is 0 Å². The number of thiocarbonyl (C=S) groups is 1. The molecule has 1 aromatic carbocycles. The molecule has 1 aromatic heterocycles. The number of carbonyl (C=O) groups excluding carboxylic acids is 1. The zero-order chi connectivity index (χ0) is 15.2. The Balaban J connectivity index is 1.89. The molecule has 7 heteroatoms. The molecule has 21 heavy (non-hydrogen) atoms. The Labute approximate surface area is 130 Å². The predicted molar refractivity (Wildman–Crippen MR) is 83.5 cm³/mol. The van der Waals surface area contributed by atoms with Crippen LogP contribution in [-0.4, -0.2) is 11.0 Å². The molecule has 0 aliphatic heterocycles. The lowest BCUT2D eigenvalue weighted by atomic mass is 10.3. The summed E-state index contributed by atoms with van der Waals surface area (Å²) in [6, 6.07) is 7.45. The van der Waals surface area contributed by atoms with E-state index in [1.807, 2.05) is 0 Å². The first-order valence-electron chi connectivity index (χ1n) is 5.83. The molecule has 0 atom stereocenters. The lowest BCUT2D eigenvalue weighted by molar-refractivity contribution is -0.115. The number of rotatable bonds is 3. The Bertz CT molecular complexity index is 686. The van der Waals surface area contributed by atoms with Crippen LogP contribution in [0, 0.1) is 5.82 Å². The highest BCUT2D eigenvalue weighted by Crippen LogP contribution is 2.19. The van der Waals surface area contributed by atoms with Crippen molar-refractivity contribution in [1.29, 1.82) is 0 Å². The molecule has 0 aliphatic rings.